The highest BCUT2D eigenvalue weighted by Gasteiger charge is 2.14. The topological polar surface area (TPSA) is 68.3 Å². The van der Waals surface area contributed by atoms with Crippen molar-refractivity contribution in [2.45, 2.75) is 13.3 Å². The molecular weight excluding hydrogens is 292 g/mol. The number of halogens is 1. The Morgan fingerprint density at radius 1 is 1.29 bits per heavy atom. The maximum absolute atomic E-state index is 6.13. The van der Waals surface area contributed by atoms with E-state index in [1.54, 1.807) is 6.20 Å². The Hall–Kier alpha value is -2.21. The van der Waals surface area contributed by atoms with Gasteiger partial charge in [0.05, 0.1) is 6.20 Å². The van der Waals surface area contributed by atoms with Crippen LogP contribution in [0.3, 0.4) is 0 Å². The lowest BCUT2D eigenvalue weighted by Gasteiger charge is -2.10. The molecule has 0 aliphatic carbocycles. The number of aromatic nitrogens is 2. The fourth-order valence-electron chi connectivity index (χ4n) is 1.89. The first-order valence-electron chi connectivity index (χ1n) is 6.69. The van der Waals surface area contributed by atoms with Crippen LogP contribution in [0.1, 0.15) is 13.3 Å². The van der Waals surface area contributed by atoms with Gasteiger partial charge in [-0.05, 0) is 18.6 Å². The van der Waals surface area contributed by atoms with Crippen molar-refractivity contribution in [2.75, 3.05) is 24.0 Å². The predicted molar refractivity (Wildman–Crippen MR) is 81.7 cm³/mol. The van der Waals surface area contributed by atoms with E-state index in [9.17, 15) is 0 Å². The van der Waals surface area contributed by atoms with Crippen LogP contribution < -0.4 is 20.1 Å². The summed E-state index contributed by atoms with van der Waals surface area (Å²) in [6.07, 6.45) is 2.57. The molecule has 1 aliphatic heterocycles. The number of fused-ring (bicyclic) bond motifs is 1. The molecule has 0 unspecified atom stereocenters. The van der Waals surface area contributed by atoms with Gasteiger partial charge in [-0.25, -0.2) is 4.98 Å². The van der Waals surface area contributed by atoms with Crippen molar-refractivity contribution in [3.63, 3.8) is 0 Å². The van der Waals surface area contributed by atoms with Crippen LogP contribution in [0.15, 0.2) is 24.4 Å². The summed E-state index contributed by atoms with van der Waals surface area (Å²) >= 11 is 6.13. The summed E-state index contributed by atoms with van der Waals surface area (Å²) in [5.74, 6) is 2.53. The molecule has 1 aromatic heterocycles. The molecule has 3 rings (SSSR count). The molecule has 7 heteroatoms. The lowest BCUT2D eigenvalue weighted by atomic mass is 10.3. The number of anilines is 3. The van der Waals surface area contributed by atoms with Crippen LogP contribution in [-0.4, -0.2) is 23.3 Å². The lowest BCUT2D eigenvalue weighted by Crippen LogP contribution is -2.06. The van der Waals surface area contributed by atoms with Crippen LogP contribution in [0.5, 0.6) is 11.5 Å². The third-order valence-corrected chi connectivity index (χ3v) is 3.19. The highest BCUT2D eigenvalue weighted by molar-refractivity contribution is 6.32. The van der Waals surface area contributed by atoms with E-state index in [-0.39, 0.29) is 6.79 Å². The monoisotopic (exact) mass is 306 g/mol. The van der Waals surface area contributed by atoms with Crippen LogP contribution >= 0.6 is 11.6 Å². The van der Waals surface area contributed by atoms with Gasteiger partial charge in [0.2, 0.25) is 12.7 Å². The second-order valence-corrected chi connectivity index (χ2v) is 4.92. The largest absolute Gasteiger partial charge is 0.454 e. The molecule has 0 saturated carbocycles. The van der Waals surface area contributed by atoms with Gasteiger partial charge >= 0.3 is 0 Å². The van der Waals surface area contributed by atoms with E-state index >= 15 is 0 Å². The first-order chi connectivity index (χ1) is 10.3. The zero-order valence-electron chi connectivity index (χ0n) is 11.5. The number of hydrogen-bond donors (Lipinski definition) is 2. The van der Waals surface area contributed by atoms with Gasteiger partial charge in [-0.2, -0.15) is 4.98 Å². The second kappa shape index (κ2) is 6.05. The van der Waals surface area contributed by atoms with Gasteiger partial charge in [0.1, 0.15) is 5.02 Å². The van der Waals surface area contributed by atoms with E-state index in [1.807, 2.05) is 18.2 Å². The van der Waals surface area contributed by atoms with Crippen LogP contribution in [0, 0.1) is 0 Å². The van der Waals surface area contributed by atoms with Gasteiger partial charge in [-0.1, -0.05) is 18.5 Å². The molecule has 110 valence electrons. The molecule has 0 fully saturated rings. The first-order valence-corrected chi connectivity index (χ1v) is 7.07. The highest BCUT2D eigenvalue weighted by Crippen LogP contribution is 2.35. The first kappa shape index (κ1) is 13.8. The summed E-state index contributed by atoms with van der Waals surface area (Å²) in [6.45, 7) is 3.14. The maximum Gasteiger partial charge on any atom is 0.231 e. The number of nitrogens with zero attached hydrogens (tertiary/aromatic N) is 2. The number of ether oxygens (including phenoxy) is 2. The fraction of sp³-hybridized carbons (Fsp3) is 0.286. The van der Waals surface area contributed by atoms with E-state index in [2.05, 4.69) is 27.5 Å². The number of rotatable bonds is 5. The number of hydrogen-bond acceptors (Lipinski definition) is 6. The molecule has 0 radical (unpaired) electrons. The summed E-state index contributed by atoms with van der Waals surface area (Å²) < 4.78 is 10.6. The molecule has 2 N–H and O–H groups in total. The molecule has 0 atom stereocenters. The van der Waals surface area contributed by atoms with Crippen LogP contribution in [-0.2, 0) is 0 Å². The van der Waals surface area contributed by atoms with Crippen molar-refractivity contribution in [3.8, 4) is 11.5 Å². The Morgan fingerprint density at radius 2 is 2.14 bits per heavy atom. The van der Waals surface area contributed by atoms with Gasteiger partial charge in [0.15, 0.2) is 17.3 Å². The van der Waals surface area contributed by atoms with Crippen LogP contribution in [0.4, 0.5) is 17.5 Å². The van der Waals surface area contributed by atoms with E-state index in [0.29, 0.717) is 22.5 Å². The summed E-state index contributed by atoms with van der Waals surface area (Å²) in [6, 6.07) is 5.57. The van der Waals surface area contributed by atoms with Crippen molar-refractivity contribution in [2.24, 2.45) is 0 Å². The molecule has 2 aromatic rings. The summed E-state index contributed by atoms with van der Waals surface area (Å²) in [5.41, 5.74) is 0.821. The van der Waals surface area contributed by atoms with Crippen molar-refractivity contribution >= 4 is 29.1 Å². The summed E-state index contributed by atoms with van der Waals surface area (Å²) in [7, 11) is 0. The Labute approximate surface area is 127 Å². The van der Waals surface area contributed by atoms with Crippen molar-refractivity contribution in [1.29, 1.82) is 0 Å². The molecule has 0 saturated heterocycles. The molecular formula is C14H15ClN4O2. The molecule has 1 aliphatic rings. The summed E-state index contributed by atoms with van der Waals surface area (Å²) in [4.78, 5) is 8.50. The number of benzene rings is 1. The van der Waals surface area contributed by atoms with Gasteiger partial charge in [0, 0.05) is 18.3 Å². The molecule has 6 nitrogen and oxygen atoms in total. The Balaban J connectivity index is 1.80. The predicted octanol–water partition coefficient (Wildman–Crippen LogP) is 3.42. The van der Waals surface area contributed by atoms with E-state index in [4.69, 9.17) is 21.1 Å². The molecule has 2 heterocycles. The van der Waals surface area contributed by atoms with Crippen molar-refractivity contribution in [1.82, 2.24) is 9.97 Å². The van der Waals surface area contributed by atoms with E-state index in [1.165, 1.54) is 0 Å². The molecule has 0 bridgehead atoms. The Kier molecular flexibility index (Phi) is 3.96. The van der Waals surface area contributed by atoms with Gasteiger partial charge in [0.25, 0.3) is 0 Å². The highest BCUT2D eigenvalue weighted by atomic mass is 35.5. The Bertz CT molecular complexity index is 651. The minimum atomic E-state index is 0.248. The average Bonchev–Trinajstić information content (AvgIpc) is 2.95. The minimum absolute atomic E-state index is 0.248. The van der Waals surface area contributed by atoms with Crippen molar-refractivity contribution < 1.29 is 9.47 Å². The Morgan fingerprint density at radius 3 is 3.00 bits per heavy atom. The summed E-state index contributed by atoms with van der Waals surface area (Å²) in [5, 5.41) is 6.74. The normalized spacial score (nSPS) is 12.3. The molecule has 0 spiro atoms. The zero-order valence-corrected chi connectivity index (χ0v) is 12.3. The third kappa shape index (κ3) is 3.11. The van der Waals surface area contributed by atoms with Crippen LogP contribution in [0.2, 0.25) is 5.02 Å². The van der Waals surface area contributed by atoms with Gasteiger partial charge < -0.3 is 20.1 Å². The zero-order chi connectivity index (χ0) is 14.7. The maximum atomic E-state index is 6.13. The average molecular weight is 307 g/mol. The third-order valence-electron chi connectivity index (χ3n) is 2.91. The van der Waals surface area contributed by atoms with E-state index in [0.717, 1.165) is 24.4 Å². The standard InChI is InChI=1S/C14H15ClN4O2/c1-2-5-16-14-17-7-10(15)13(19-14)18-9-3-4-11-12(6-9)21-8-20-11/h3-4,6-7H,2,5,8H2,1H3,(H2,16,17,18,19). The van der Waals surface area contributed by atoms with Crippen molar-refractivity contribution in [3.05, 3.63) is 29.4 Å². The van der Waals surface area contributed by atoms with E-state index < -0.39 is 0 Å². The SMILES string of the molecule is CCCNc1ncc(Cl)c(Nc2ccc3c(c2)OCO3)n1. The second-order valence-electron chi connectivity index (χ2n) is 4.51. The number of nitrogens with one attached hydrogen (secondary N) is 2. The molecule has 21 heavy (non-hydrogen) atoms. The van der Waals surface area contributed by atoms with Gasteiger partial charge in [-0.15, -0.1) is 0 Å². The molecule has 0 amide bonds. The lowest BCUT2D eigenvalue weighted by molar-refractivity contribution is 0.174. The minimum Gasteiger partial charge on any atom is -0.454 e. The van der Waals surface area contributed by atoms with Gasteiger partial charge in [-0.3, -0.25) is 0 Å². The van der Waals surface area contributed by atoms with Crippen LogP contribution in [0.25, 0.3) is 0 Å². The smallest absolute Gasteiger partial charge is 0.231 e. The quantitative estimate of drug-likeness (QED) is 0.882. The fourth-order valence-corrected chi connectivity index (χ4v) is 2.03. The molecule has 1 aromatic carbocycles.